The van der Waals surface area contributed by atoms with Gasteiger partial charge in [0.05, 0.1) is 6.42 Å². The maximum absolute atomic E-state index is 13.9. The van der Waals surface area contributed by atoms with Crippen molar-refractivity contribution in [3.8, 4) is 0 Å². The standard InChI is InChI=1S/C35H46ClN7O4/c1-24-21-26(36)9-10-29(24)37-34(46)38-31(33(45)42-19-11-27(12-20-42)40-15-5-2-6-16-40)22-32(44)41-17-13-28(14-18-41)43-23-25-7-3-4-8-30(25)39-35(43)47/h3-4,7-10,21,27-28,31H,2,5-6,11-20,22-23H2,1H3,(H,39,47)(H2,37,38,46)/t31-/m0/s1. The Kier molecular flexibility index (Phi) is 10.5. The Labute approximate surface area is 281 Å². The lowest BCUT2D eigenvalue weighted by Gasteiger charge is -2.41. The van der Waals surface area contributed by atoms with E-state index in [0.717, 1.165) is 42.7 Å². The number of para-hydroxylation sites is 1. The molecule has 1 atom stereocenters. The van der Waals surface area contributed by atoms with Crippen molar-refractivity contribution < 1.29 is 19.2 Å². The molecule has 2 aromatic carbocycles. The third kappa shape index (κ3) is 8.01. The summed E-state index contributed by atoms with van der Waals surface area (Å²) in [5, 5.41) is 9.21. The fraction of sp³-hybridized carbons (Fsp3) is 0.543. The number of hydrogen-bond donors (Lipinski definition) is 3. The van der Waals surface area contributed by atoms with Gasteiger partial charge in [0.15, 0.2) is 0 Å². The molecule has 252 valence electrons. The Morgan fingerprint density at radius 3 is 2.30 bits per heavy atom. The number of hydrogen-bond acceptors (Lipinski definition) is 5. The first-order valence-electron chi connectivity index (χ1n) is 17.0. The van der Waals surface area contributed by atoms with E-state index in [-0.39, 0.29) is 30.3 Å². The normalized spacial score (nSPS) is 20.3. The molecule has 4 heterocycles. The SMILES string of the molecule is Cc1cc(Cl)ccc1NC(=O)N[C@@H](CC(=O)N1CCC(N2Cc3ccccc3NC2=O)CC1)C(=O)N1CCC(N2CCCCC2)CC1. The second-order valence-electron chi connectivity index (χ2n) is 13.3. The van der Waals surface area contributed by atoms with Crippen LogP contribution < -0.4 is 16.0 Å². The van der Waals surface area contributed by atoms with Gasteiger partial charge in [0.2, 0.25) is 11.8 Å². The van der Waals surface area contributed by atoms with Gasteiger partial charge < -0.3 is 35.6 Å². The van der Waals surface area contributed by atoms with E-state index in [2.05, 4.69) is 20.9 Å². The Bertz CT molecular complexity index is 1470. The van der Waals surface area contributed by atoms with E-state index < -0.39 is 12.1 Å². The lowest BCUT2D eigenvalue weighted by atomic mass is 9.98. The van der Waals surface area contributed by atoms with Gasteiger partial charge in [-0.3, -0.25) is 9.59 Å². The Hall–Kier alpha value is -3.83. The minimum Gasteiger partial charge on any atom is -0.342 e. The number of aryl methyl sites for hydroxylation is 1. The molecule has 2 aromatic rings. The van der Waals surface area contributed by atoms with Gasteiger partial charge in [0.1, 0.15) is 6.04 Å². The van der Waals surface area contributed by atoms with Crippen molar-refractivity contribution >= 4 is 46.9 Å². The average Bonchev–Trinajstić information content (AvgIpc) is 3.09. The van der Waals surface area contributed by atoms with Crippen molar-refractivity contribution in [2.45, 2.75) is 83.0 Å². The summed E-state index contributed by atoms with van der Waals surface area (Å²) < 4.78 is 0. The number of urea groups is 2. The fourth-order valence-electron chi connectivity index (χ4n) is 7.49. The molecular weight excluding hydrogens is 618 g/mol. The monoisotopic (exact) mass is 663 g/mol. The molecule has 0 bridgehead atoms. The summed E-state index contributed by atoms with van der Waals surface area (Å²) in [5.41, 5.74) is 3.29. The number of amides is 6. The number of halogens is 1. The van der Waals surface area contributed by atoms with Crippen LogP contribution in [0.2, 0.25) is 5.02 Å². The first-order chi connectivity index (χ1) is 22.7. The zero-order valence-corrected chi connectivity index (χ0v) is 27.9. The quantitative estimate of drug-likeness (QED) is 0.384. The molecule has 0 radical (unpaired) electrons. The van der Waals surface area contributed by atoms with Crippen LogP contribution in [-0.4, -0.2) is 101 Å². The Balaban J connectivity index is 1.08. The number of piperidine rings is 3. The van der Waals surface area contributed by atoms with Crippen molar-refractivity contribution in [3.63, 3.8) is 0 Å². The second kappa shape index (κ2) is 14.9. The van der Waals surface area contributed by atoms with E-state index in [4.69, 9.17) is 11.6 Å². The number of carbonyl (C=O) groups is 4. The van der Waals surface area contributed by atoms with Gasteiger partial charge in [-0.25, -0.2) is 9.59 Å². The molecule has 0 saturated carbocycles. The predicted octanol–water partition coefficient (Wildman–Crippen LogP) is 5.04. The van der Waals surface area contributed by atoms with Crippen LogP contribution in [0.3, 0.4) is 0 Å². The summed E-state index contributed by atoms with van der Waals surface area (Å²) in [7, 11) is 0. The van der Waals surface area contributed by atoms with Gasteiger partial charge in [-0.2, -0.15) is 0 Å². The molecule has 3 fully saturated rings. The van der Waals surface area contributed by atoms with E-state index in [0.29, 0.717) is 62.3 Å². The molecule has 3 saturated heterocycles. The summed E-state index contributed by atoms with van der Waals surface area (Å²) >= 11 is 6.09. The van der Waals surface area contributed by atoms with Crippen molar-refractivity contribution in [1.29, 1.82) is 0 Å². The first kappa shape index (κ1) is 33.1. The number of nitrogens with zero attached hydrogens (tertiary/aromatic N) is 4. The van der Waals surface area contributed by atoms with Crippen LogP contribution in [0.4, 0.5) is 21.0 Å². The van der Waals surface area contributed by atoms with E-state index in [1.54, 1.807) is 23.1 Å². The molecule has 4 aliphatic rings. The van der Waals surface area contributed by atoms with Crippen LogP contribution >= 0.6 is 11.6 Å². The molecule has 0 spiro atoms. The van der Waals surface area contributed by atoms with Crippen LogP contribution in [0.5, 0.6) is 0 Å². The van der Waals surface area contributed by atoms with Gasteiger partial charge in [-0.15, -0.1) is 0 Å². The van der Waals surface area contributed by atoms with E-state index in [1.165, 1.54) is 19.3 Å². The largest absolute Gasteiger partial charge is 0.342 e. The van der Waals surface area contributed by atoms with Gasteiger partial charge >= 0.3 is 12.1 Å². The molecule has 4 aliphatic heterocycles. The average molecular weight is 664 g/mol. The predicted molar refractivity (Wildman–Crippen MR) is 182 cm³/mol. The number of anilines is 2. The van der Waals surface area contributed by atoms with Gasteiger partial charge in [0.25, 0.3) is 0 Å². The summed E-state index contributed by atoms with van der Waals surface area (Å²) in [6.45, 7) is 6.80. The zero-order chi connectivity index (χ0) is 32.9. The van der Waals surface area contributed by atoms with E-state index in [1.807, 2.05) is 41.0 Å². The third-order valence-corrected chi connectivity index (χ3v) is 10.5. The van der Waals surface area contributed by atoms with Gasteiger partial charge in [-0.05, 0) is 93.9 Å². The molecular formula is C35H46ClN7O4. The zero-order valence-electron chi connectivity index (χ0n) is 27.2. The minimum absolute atomic E-state index is 0.0116. The lowest BCUT2D eigenvalue weighted by molar-refractivity contribution is -0.140. The highest BCUT2D eigenvalue weighted by Gasteiger charge is 2.36. The molecule has 0 unspecified atom stereocenters. The van der Waals surface area contributed by atoms with Crippen molar-refractivity contribution in [3.05, 3.63) is 58.6 Å². The summed E-state index contributed by atoms with van der Waals surface area (Å²) in [5.74, 6) is -0.404. The highest BCUT2D eigenvalue weighted by Crippen LogP contribution is 2.28. The van der Waals surface area contributed by atoms with Crippen LogP contribution in [0.1, 0.15) is 62.5 Å². The Morgan fingerprint density at radius 1 is 0.894 bits per heavy atom. The van der Waals surface area contributed by atoms with Crippen LogP contribution in [0.15, 0.2) is 42.5 Å². The Morgan fingerprint density at radius 2 is 1.57 bits per heavy atom. The summed E-state index contributed by atoms with van der Waals surface area (Å²) in [6, 6.07) is 11.8. The summed E-state index contributed by atoms with van der Waals surface area (Å²) in [4.78, 5) is 61.6. The number of rotatable bonds is 7. The van der Waals surface area contributed by atoms with Crippen LogP contribution in [0, 0.1) is 6.92 Å². The molecule has 0 aromatic heterocycles. The molecule has 3 N–H and O–H groups in total. The van der Waals surface area contributed by atoms with Crippen molar-refractivity contribution in [2.24, 2.45) is 0 Å². The highest BCUT2D eigenvalue weighted by atomic mass is 35.5. The maximum atomic E-state index is 13.9. The van der Waals surface area contributed by atoms with Crippen LogP contribution in [-0.2, 0) is 16.1 Å². The molecule has 11 nitrogen and oxygen atoms in total. The molecule has 6 amide bonds. The number of benzene rings is 2. The summed E-state index contributed by atoms with van der Waals surface area (Å²) in [6.07, 6.45) is 6.70. The number of likely N-dealkylation sites (tertiary alicyclic amines) is 3. The topological polar surface area (TPSA) is 117 Å². The number of nitrogens with one attached hydrogen (secondary N) is 3. The second-order valence-corrected chi connectivity index (χ2v) is 13.7. The van der Waals surface area contributed by atoms with E-state index >= 15 is 0 Å². The molecule has 47 heavy (non-hydrogen) atoms. The minimum atomic E-state index is -0.997. The van der Waals surface area contributed by atoms with Gasteiger partial charge in [0, 0.05) is 61.2 Å². The molecule has 0 aliphatic carbocycles. The first-order valence-corrected chi connectivity index (χ1v) is 17.4. The van der Waals surface area contributed by atoms with Crippen molar-refractivity contribution in [2.75, 3.05) is 49.9 Å². The number of carbonyl (C=O) groups excluding carboxylic acids is 4. The third-order valence-electron chi connectivity index (χ3n) is 10.2. The highest BCUT2D eigenvalue weighted by molar-refractivity contribution is 6.30. The van der Waals surface area contributed by atoms with Crippen molar-refractivity contribution in [1.82, 2.24) is 24.9 Å². The smallest absolute Gasteiger partial charge is 0.322 e. The van der Waals surface area contributed by atoms with Gasteiger partial charge in [-0.1, -0.05) is 36.2 Å². The van der Waals surface area contributed by atoms with E-state index in [9.17, 15) is 19.2 Å². The van der Waals surface area contributed by atoms with Crippen LogP contribution in [0.25, 0.3) is 0 Å². The molecule has 12 heteroatoms. The fourth-order valence-corrected chi connectivity index (χ4v) is 7.71. The molecule has 6 rings (SSSR count). The number of fused-ring (bicyclic) bond motifs is 1. The lowest BCUT2D eigenvalue weighted by Crippen LogP contribution is -2.56. The maximum Gasteiger partial charge on any atom is 0.322 e.